The Balaban J connectivity index is 1.18. The highest BCUT2D eigenvalue weighted by molar-refractivity contribution is 6.33. The van der Waals surface area contributed by atoms with Crippen LogP contribution in [0.5, 0.6) is 5.88 Å². The summed E-state index contributed by atoms with van der Waals surface area (Å²) in [5.74, 6) is 1.30. The molecule has 7 nitrogen and oxygen atoms in total. The average Bonchev–Trinajstić information content (AvgIpc) is 3.55. The fraction of sp³-hybridized carbons (Fsp3) is 0.429. The topological polar surface area (TPSA) is 93.7 Å². The molecule has 2 aliphatic heterocycles. The van der Waals surface area contributed by atoms with Crippen molar-refractivity contribution in [1.82, 2.24) is 9.97 Å². The highest BCUT2D eigenvalue weighted by atomic mass is 35.5. The number of ketones is 1. The van der Waals surface area contributed by atoms with E-state index in [-0.39, 0.29) is 30.7 Å². The molecule has 0 saturated carbocycles. The van der Waals surface area contributed by atoms with Gasteiger partial charge in [-0.05, 0) is 49.3 Å². The normalized spacial score (nSPS) is 27.8. The number of carbonyl (C=O) groups excluding carboxylic acids is 1. The number of aromatic amines is 1. The van der Waals surface area contributed by atoms with E-state index in [1.165, 1.54) is 11.1 Å². The van der Waals surface area contributed by atoms with Crippen molar-refractivity contribution in [2.45, 2.75) is 57.0 Å². The number of allylic oxidation sites excluding steroid dienone is 2. The summed E-state index contributed by atoms with van der Waals surface area (Å²) in [5.41, 5.74) is 5.73. The number of fused-ring (bicyclic) bond motifs is 2. The van der Waals surface area contributed by atoms with E-state index in [1.807, 2.05) is 12.1 Å². The maximum absolute atomic E-state index is 11.4. The molecule has 0 amide bonds. The third-order valence-electron chi connectivity index (χ3n) is 7.42. The lowest BCUT2D eigenvalue weighted by molar-refractivity contribution is -0.117. The second-order valence-electron chi connectivity index (χ2n) is 10.1. The second-order valence-corrected chi connectivity index (χ2v) is 10.5. The molecule has 5 atom stereocenters. The van der Waals surface area contributed by atoms with Crippen molar-refractivity contribution in [3.63, 3.8) is 0 Å². The van der Waals surface area contributed by atoms with Crippen molar-refractivity contribution in [3.8, 4) is 17.1 Å². The Bertz CT molecular complexity index is 1320. The molecular formula is C28H29ClN2O5. The third kappa shape index (κ3) is 4.57. The van der Waals surface area contributed by atoms with E-state index in [9.17, 15) is 9.90 Å². The lowest BCUT2D eigenvalue weighted by Gasteiger charge is -2.21. The van der Waals surface area contributed by atoms with Gasteiger partial charge in [-0.2, -0.15) is 0 Å². The van der Waals surface area contributed by atoms with Crippen molar-refractivity contribution in [1.29, 1.82) is 0 Å². The van der Waals surface area contributed by atoms with Gasteiger partial charge in [0.05, 0.1) is 35.0 Å². The summed E-state index contributed by atoms with van der Waals surface area (Å²) >= 11 is 6.62. The molecule has 0 bridgehead atoms. The number of nitrogens with zero attached hydrogens (tertiary/aromatic N) is 1. The van der Waals surface area contributed by atoms with Crippen LogP contribution in [0.1, 0.15) is 38.2 Å². The van der Waals surface area contributed by atoms with Crippen LogP contribution in [-0.4, -0.2) is 58.5 Å². The summed E-state index contributed by atoms with van der Waals surface area (Å²) in [6, 6.07) is 12.1. The van der Waals surface area contributed by atoms with Gasteiger partial charge < -0.3 is 29.1 Å². The molecule has 8 heteroatoms. The number of aliphatic hydroxyl groups is 1. The highest BCUT2D eigenvalue weighted by Crippen LogP contribution is 2.36. The summed E-state index contributed by atoms with van der Waals surface area (Å²) < 4.78 is 17.4. The molecule has 1 aromatic carbocycles. The first-order chi connectivity index (χ1) is 17.4. The molecule has 1 aliphatic carbocycles. The Kier molecular flexibility index (Phi) is 6.33. The van der Waals surface area contributed by atoms with Crippen LogP contribution in [0.2, 0.25) is 5.02 Å². The number of aliphatic hydroxyl groups excluding tert-OH is 1. The zero-order valence-electron chi connectivity index (χ0n) is 20.1. The van der Waals surface area contributed by atoms with Gasteiger partial charge in [-0.3, -0.25) is 0 Å². The molecule has 3 aliphatic rings. The monoisotopic (exact) mass is 508 g/mol. The standard InChI is InChI=1S/C28H29ClN2O5/c1-15(32)10-16-2-4-17(5-3-16)18-6-8-19(9-7-18)26-20(29)11-21-22(31-26)12-25(30-21)36-24-14-35-27-23(33)13-34-28(24)27/h4,6-9,11-12,16,23-24,27-28,30,33H,2-3,5,10,13-14H2,1H3/t16?,23-,24-,27-,28-/m1/s1. The molecule has 2 fully saturated rings. The van der Waals surface area contributed by atoms with Crippen LogP contribution in [-0.2, 0) is 14.3 Å². The Morgan fingerprint density at radius 3 is 2.69 bits per heavy atom. The van der Waals surface area contributed by atoms with Gasteiger partial charge in [0.1, 0.15) is 24.1 Å². The van der Waals surface area contributed by atoms with Gasteiger partial charge in [0.25, 0.3) is 0 Å². The zero-order valence-corrected chi connectivity index (χ0v) is 20.8. The number of ether oxygens (including phenoxy) is 3. The van der Waals surface area contributed by atoms with E-state index in [0.717, 1.165) is 35.9 Å². The number of halogens is 1. The number of pyridine rings is 1. The number of rotatable bonds is 6. The third-order valence-corrected chi connectivity index (χ3v) is 7.70. The highest BCUT2D eigenvalue weighted by Gasteiger charge is 2.48. The summed E-state index contributed by atoms with van der Waals surface area (Å²) in [7, 11) is 0. The van der Waals surface area contributed by atoms with Gasteiger partial charge in [0, 0.05) is 18.1 Å². The van der Waals surface area contributed by atoms with Gasteiger partial charge in [0.2, 0.25) is 0 Å². The Labute approximate surface area is 214 Å². The molecule has 0 spiro atoms. The molecule has 3 aromatic rings. The van der Waals surface area contributed by atoms with Gasteiger partial charge in [-0.1, -0.05) is 41.9 Å². The number of H-pyrrole nitrogens is 1. The molecule has 188 valence electrons. The predicted molar refractivity (Wildman–Crippen MR) is 137 cm³/mol. The summed E-state index contributed by atoms with van der Waals surface area (Å²) in [6.07, 6.45) is 4.42. The molecule has 4 heterocycles. The quantitative estimate of drug-likeness (QED) is 0.489. The number of aromatic nitrogens is 2. The molecule has 6 rings (SSSR count). The maximum Gasteiger partial charge on any atom is 0.193 e. The number of benzene rings is 1. The Morgan fingerprint density at radius 2 is 1.94 bits per heavy atom. The van der Waals surface area contributed by atoms with E-state index in [0.29, 0.717) is 35.5 Å². The lowest BCUT2D eigenvalue weighted by Crippen LogP contribution is -2.34. The van der Waals surface area contributed by atoms with E-state index in [1.54, 1.807) is 6.92 Å². The molecular weight excluding hydrogens is 480 g/mol. The minimum Gasteiger partial charge on any atom is -0.470 e. The van der Waals surface area contributed by atoms with Gasteiger partial charge in [0.15, 0.2) is 12.0 Å². The first kappa shape index (κ1) is 23.7. The first-order valence-corrected chi connectivity index (χ1v) is 12.9. The van der Waals surface area contributed by atoms with Crippen molar-refractivity contribution < 1.29 is 24.1 Å². The minimum atomic E-state index is -0.612. The zero-order chi connectivity index (χ0) is 24.8. The summed E-state index contributed by atoms with van der Waals surface area (Å²) in [4.78, 5) is 19.4. The predicted octanol–water partition coefficient (Wildman–Crippen LogP) is 4.95. The molecule has 2 N–H and O–H groups in total. The van der Waals surface area contributed by atoms with Crippen LogP contribution >= 0.6 is 11.6 Å². The minimum absolute atomic E-state index is 0.263. The lowest BCUT2D eigenvalue weighted by atomic mass is 9.84. The Morgan fingerprint density at radius 1 is 1.17 bits per heavy atom. The largest absolute Gasteiger partial charge is 0.470 e. The van der Waals surface area contributed by atoms with Gasteiger partial charge in [-0.15, -0.1) is 0 Å². The van der Waals surface area contributed by atoms with Crippen LogP contribution in [0, 0.1) is 5.92 Å². The van der Waals surface area contributed by atoms with Crippen molar-refractivity contribution in [3.05, 3.63) is 53.1 Å². The number of hydrogen-bond donors (Lipinski definition) is 2. The van der Waals surface area contributed by atoms with Crippen LogP contribution < -0.4 is 4.74 Å². The first-order valence-electron chi connectivity index (χ1n) is 12.5. The molecule has 1 unspecified atom stereocenters. The maximum atomic E-state index is 11.4. The van der Waals surface area contributed by atoms with E-state index in [4.69, 9.17) is 30.8 Å². The van der Waals surface area contributed by atoms with Crippen LogP contribution in [0.3, 0.4) is 0 Å². The average molecular weight is 509 g/mol. The molecule has 2 saturated heterocycles. The van der Waals surface area contributed by atoms with Crippen molar-refractivity contribution >= 4 is 34.0 Å². The summed E-state index contributed by atoms with van der Waals surface area (Å²) in [6.45, 7) is 2.30. The second kappa shape index (κ2) is 9.63. The van der Waals surface area contributed by atoms with Gasteiger partial charge in [-0.25, -0.2) is 4.98 Å². The van der Waals surface area contributed by atoms with E-state index < -0.39 is 6.10 Å². The Hall–Kier alpha value is -2.71. The molecule has 2 aromatic heterocycles. The number of carbonyl (C=O) groups is 1. The van der Waals surface area contributed by atoms with Crippen LogP contribution in [0.15, 0.2) is 42.5 Å². The molecule has 0 radical (unpaired) electrons. The number of nitrogens with one attached hydrogen (secondary N) is 1. The van der Waals surface area contributed by atoms with E-state index in [2.05, 4.69) is 35.3 Å². The SMILES string of the molecule is CC(=O)CC1CC=C(c2ccc(-c3nc4cc(O[C@@H]5CO[C@H]6[C@@H]5OC[C@H]6O)[nH]c4cc3Cl)cc2)CC1. The van der Waals surface area contributed by atoms with Crippen molar-refractivity contribution in [2.75, 3.05) is 13.2 Å². The van der Waals surface area contributed by atoms with Crippen LogP contribution in [0.4, 0.5) is 0 Å². The molecule has 36 heavy (non-hydrogen) atoms. The van der Waals surface area contributed by atoms with E-state index >= 15 is 0 Å². The fourth-order valence-corrected chi connectivity index (χ4v) is 5.83. The number of hydrogen-bond acceptors (Lipinski definition) is 6. The van der Waals surface area contributed by atoms with Crippen LogP contribution in [0.25, 0.3) is 27.9 Å². The summed E-state index contributed by atoms with van der Waals surface area (Å²) in [5, 5.41) is 10.5. The smallest absolute Gasteiger partial charge is 0.193 e. The fourth-order valence-electron chi connectivity index (χ4n) is 5.56. The van der Waals surface area contributed by atoms with Gasteiger partial charge >= 0.3 is 0 Å². The number of Topliss-reactive ketones (excluding diaryl/α,β-unsaturated/α-hetero) is 1. The van der Waals surface area contributed by atoms with Crippen molar-refractivity contribution in [2.24, 2.45) is 5.92 Å².